The molecule has 198 valence electrons. The number of cyclic esters (lactones) is 1. The number of hydrogen-bond acceptors (Lipinski definition) is 7. The molecule has 1 aliphatic rings. The van der Waals surface area contributed by atoms with Crippen molar-refractivity contribution >= 4 is 28.1 Å². The average Bonchev–Trinajstić information content (AvgIpc) is 3.28. The van der Waals surface area contributed by atoms with Crippen molar-refractivity contribution in [3.8, 4) is 5.75 Å². The smallest absolute Gasteiger partial charge is 0.342 e. The summed E-state index contributed by atoms with van der Waals surface area (Å²) in [5, 5.41) is 0. The van der Waals surface area contributed by atoms with Crippen LogP contribution in [0.1, 0.15) is 66.6 Å². The Morgan fingerprint density at radius 1 is 1.05 bits per heavy atom. The fourth-order valence-electron chi connectivity index (χ4n) is 4.76. The van der Waals surface area contributed by atoms with Gasteiger partial charge in [-0.2, -0.15) is 8.42 Å². The van der Waals surface area contributed by atoms with Gasteiger partial charge >= 0.3 is 22.1 Å². The van der Waals surface area contributed by atoms with Gasteiger partial charge in [0.05, 0.1) is 12.7 Å². The summed E-state index contributed by atoms with van der Waals surface area (Å²) in [5.41, 5.74) is 6.04. The standard InChI is InChI=1S/C30H30O7S/c1-6-22-20(4)26-17-36-30(32)27(26)28(37-38(33,34)21-15-13-18(2)14-16-21)24(22)11-8-10-23-19(3)9-7-12-25(23)29(31)35-5/h7-10,12-16H,6,11,17H2,1-5H3. The maximum Gasteiger partial charge on any atom is 0.342 e. The molecule has 0 radical (unpaired) electrons. The lowest BCUT2D eigenvalue weighted by Crippen LogP contribution is -2.15. The first-order valence-corrected chi connectivity index (χ1v) is 13.7. The number of esters is 2. The van der Waals surface area contributed by atoms with Crippen LogP contribution in [-0.4, -0.2) is 27.5 Å². The van der Waals surface area contributed by atoms with Crippen LogP contribution >= 0.6 is 0 Å². The van der Waals surface area contributed by atoms with E-state index in [0.29, 0.717) is 28.7 Å². The molecule has 38 heavy (non-hydrogen) atoms. The van der Waals surface area contributed by atoms with Crippen molar-refractivity contribution in [1.29, 1.82) is 0 Å². The zero-order valence-corrected chi connectivity index (χ0v) is 22.9. The summed E-state index contributed by atoms with van der Waals surface area (Å²) in [6, 6.07) is 11.7. The highest BCUT2D eigenvalue weighted by atomic mass is 32.2. The number of carbonyl (C=O) groups excluding carboxylic acids is 2. The Hall–Kier alpha value is -3.91. The number of fused-ring (bicyclic) bond motifs is 1. The number of benzene rings is 3. The molecule has 0 bridgehead atoms. The fraction of sp³-hybridized carbons (Fsp3) is 0.267. The van der Waals surface area contributed by atoms with Gasteiger partial charge in [0.1, 0.15) is 17.1 Å². The highest BCUT2D eigenvalue weighted by Gasteiger charge is 2.34. The van der Waals surface area contributed by atoms with Crippen LogP contribution in [0.5, 0.6) is 5.75 Å². The predicted octanol–water partition coefficient (Wildman–Crippen LogP) is 5.65. The second kappa shape index (κ2) is 10.8. The zero-order valence-electron chi connectivity index (χ0n) is 22.1. The molecule has 0 saturated heterocycles. The Balaban J connectivity index is 1.84. The molecule has 4 rings (SSSR count). The number of hydrogen-bond donors (Lipinski definition) is 0. The second-order valence-corrected chi connectivity index (χ2v) is 10.7. The van der Waals surface area contributed by atoms with Crippen molar-refractivity contribution in [2.24, 2.45) is 0 Å². The molecule has 0 N–H and O–H groups in total. The number of carbonyl (C=O) groups is 2. The van der Waals surface area contributed by atoms with Crippen LogP contribution in [0.2, 0.25) is 0 Å². The van der Waals surface area contributed by atoms with Gasteiger partial charge in [0.25, 0.3) is 0 Å². The summed E-state index contributed by atoms with van der Waals surface area (Å²) in [6.45, 7) is 7.69. The SMILES string of the molecule is CCc1c(C)c2c(c(OS(=O)(=O)c3ccc(C)cc3)c1CC=Cc1c(C)cccc1C(=O)OC)C(=O)OC2. The third-order valence-electron chi connectivity index (χ3n) is 6.82. The molecule has 7 nitrogen and oxygen atoms in total. The van der Waals surface area contributed by atoms with Gasteiger partial charge in [0, 0.05) is 11.1 Å². The largest absolute Gasteiger partial charge is 0.465 e. The number of ether oxygens (including phenoxy) is 2. The summed E-state index contributed by atoms with van der Waals surface area (Å²) in [7, 11) is -2.90. The highest BCUT2D eigenvalue weighted by Crippen LogP contribution is 2.40. The Labute approximate surface area is 223 Å². The predicted molar refractivity (Wildman–Crippen MR) is 144 cm³/mol. The molecule has 8 heteroatoms. The van der Waals surface area contributed by atoms with Crippen molar-refractivity contribution in [3.63, 3.8) is 0 Å². The van der Waals surface area contributed by atoms with Gasteiger partial charge in [0.2, 0.25) is 0 Å². The first-order chi connectivity index (χ1) is 18.1. The first kappa shape index (κ1) is 27.1. The number of aryl methyl sites for hydroxylation is 2. The van der Waals surface area contributed by atoms with E-state index in [0.717, 1.165) is 22.3 Å². The molecule has 0 spiro atoms. The molecule has 3 aromatic carbocycles. The normalized spacial score (nSPS) is 12.9. The summed E-state index contributed by atoms with van der Waals surface area (Å²) in [6.07, 6.45) is 4.49. The van der Waals surface area contributed by atoms with E-state index in [2.05, 4.69) is 0 Å². The average molecular weight is 535 g/mol. The molecular formula is C30H30O7S. The lowest BCUT2D eigenvalue weighted by Gasteiger charge is -2.19. The van der Waals surface area contributed by atoms with Crippen LogP contribution in [0.3, 0.4) is 0 Å². The monoisotopic (exact) mass is 534 g/mol. The van der Waals surface area contributed by atoms with E-state index in [-0.39, 0.29) is 29.2 Å². The van der Waals surface area contributed by atoms with Crippen LogP contribution in [0.15, 0.2) is 53.4 Å². The van der Waals surface area contributed by atoms with Crippen molar-refractivity contribution in [2.45, 2.75) is 52.0 Å². The molecule has 0 aliphatic carbocycles. The lowest BCUT2D eigenvalue weighted by molar-refractivity contribution is 0.0532. The molecule has 0 saturated carbocycles. The van der Waals surface area contributed by atoms with Gasteiger partial charge in [-0.3, -0.25) is 0 Å². The maximum absolute atomic E-state index is 13.3. The fourth-order valence-corrected chi connectivity index (χ4v) is 5.73. The molecule has 0 fully saturated rings. The van der Waals surface area contributed by atoms with Crippen molar-refractivity contribution in [3.05, 3.63) is 98.6 Å². The topological polar surface area (TPSA) is 96.0 Å². The van der Waals surface area contributed by atoms with Crippen molar-refractivity contribution in [2.75, 3.05) is 7.11 Å². The van der Waals surface area contributed by atoms with Gasteiger partial charge in [0.15, 0.2) is 5.75 Å². The number of rotatable bonds is 8. The summed E-state index contributed by atoms with van der Waals surface area (Å²) in [5.74, 6) is -1.07. The van der Waals surface area contributed by atoms with E-state index in [9.17, 15) is 18.0 Å². The van der Waals surface area contributed by atoms with Crippen LogP contribution in [0, 0.1) is 20.8 Å². The Bertz CT molecular complexity index is 1550. The summed E-state index contributed by atoms with van der Waals surface area (Å²) < 4.78 is 42.6. The van der Waals surface area contributed by atoms with Gasteiger partial charge < -0.3 is 13.7 Å². The number of methoxy groups -OCH3 is 1. The Morgan fingerprint density at radius 3 is 2.42 bits per heavy atom. The Kier molecular flexibility index (Phi) is 7.73. The number of allylic oxidation sites excluding steroid dienone is 1. The maximum atomic E-state index is 13.3. The van der Waals surface area contributed by atoms with Gasteiger partial charge in [-0.1, -0.05) is 48.9 Å². The summed E-state index contributed by atoms with van der Waals surface area (Å²) >= 11 is 0. The van der Waals surface area contributed by atoms with Gasteiger partial charge in [-0.05, 0) is 74.1 Å². The molecule has 1 heterocycles. The van der Waals surface area contributed by atoms with Crippen LogP contribution in [0.25, 0.3) is 6.08 Å². The molecule has 0 aromatic heterocycles. The van der Waals surface area contributed by atoms with E-state index in [1.165, 1.54) is 19.2 Å². The van der Waals surface area contributed by atoms with E-state index in [1.54, 1.807) is 30.3 Å². The second-order valence-electron chi connectivity index (χ2n) is 9.18. The van der Waals surface area contributed by atoms with Crippen LogP contribution in [0.4, 0.5) is 0 Å². The molecule has 0 atom stereocenters. The minimum absolute atomic E-state index is 0.00634. The summed E-state index contributed by atoms with van der Waals surface area (Å²) in [4.78, 5) is 25.1. The van der Waals surface area contributed by atoms with Gasteiger partial charge in [-0.15, -0.1) is 0 Å². The third kappa shape index (κ3) is 5.09. The van der Waals surface area contributed by atoms with Crippen LogP contribution < -0.4 is 4.18 Å². The van der Waals surface area contributed by atoms with E-state index < -0.39 is 22.1 Å². The zero-order chi connectivity index (χ0) is 27.6. The molecular weight excluding hydrogens is 504 g/mol. The van der Waals surface area contributed by atoms with E-state index in [4.69, 9.17) is 13.7 Å². The highest BCUT2D eigenvalue weighted by molar-refractivity contribution is 7.87. The van der Waals surface area contributed by atoms with Crippen LogP contribution in [-0.2, 0) is 39.0 Å². The molecule has 3 aromatic rings. The lowest BCUT2D eigenvalue weighted by atomic mass is 9.89. The van der Waals surface area contributed by atoms with E-state index in [1.807, 2.05) is 39.8 Å². The van der Waals surface area contributed by atoms with Crippen molar-refractivity contribution in [1.82, 2.24) is 0 Å². The van der Waals surface area contributed by atoms with E-state index >= 15 is 0 Å². The minimum atomic E-state index is -4.23. The van der Waals surface area contributed by atoms with Crippen molar-refractivity contribution < 1.29 is 31.7 Å². The third-order valence-corrected chi connectivity index (χ3v) is 8.05. The Morgan fingerprint density at radius 2 is 1.76 bits per heavy atom. The minimum Gasteiger partial charge on any atom is -0.465 e. The molecule has 0 amide bonds. The van der Waals surface area contributed by atoms with Gasteiger partial charge in [-0.25, -0.2) is 9.59 Å². The molecule has 0 unspecified atom stereocenters. The quantitative estimate of drug-likeness (QED) is 0.272. The molecule has 1 aliphatic heterocycles. The first-order valence-electron chi connectivity index (χ1n) is 12.3.